The average Bonchev–Trinajstić information content (AvgIpc) is 3.05. The highest BCUT2D eigenvalue weighted by Crippen LogP contribution is 2.24. The molecule has 4 nitrogen and oxygen atoms in total. The third-order valence-electron chi connectivity index (χ3n) is 3.42. The van der Waals surface area contributed by atoms with Crippen LogP contribution in [0.4, 0.5) is 5.69 Å². The van der Waals surface area contributed by atoms with Crippen LogP contribution in [-0.2, 0) is 0 Å². The van der Waals surface area contributed by atoms with Crippen LogP contribution in [0.25, 0.3) is 0 Å². The van der Waals surface area contributed by atoms with Gasteiger partial charge in [-0.25, -0.2) is 4.98 Å². The number of hydrogen-bond acceptors (Lipinski definition) is 4. The molecule has 1 amide bonds. The molecule has 2 aromatic rings. The summed E-state index contributed by atoms with van der Waals surface area (Å²) in [5.41, 5.74) is 1.42. The van der Waals surface area contributed by atoms with Crippen molar-refractivity contribution in [1.82, 2.24) is 9.88 Å². The van der Waals surface area contributed by atoms with E-state index in [-0.39, 0.29) is 11.9 Å². The summed E-state index contributed by atoms with van der Waals surface area (Å²) in [5, 5.41) is 5.27. The number of amides is 1. The number of nitrogens with zero attached hydrogens (tertiary/aromatic N) is 2. The van der Waals surface area contributed by atoms with Crippen LogP contribution >= 0.6 is 11.3 Å². The molecule has 2 heterocycles. The van der Waals surface area contributed by atoms with E-state index in [9.17, 15) is 4.79 Å². The lowest BCUT2D eigenvalue weighted by atomic mass is 10.2. The van der Waals surface area contributed by atoms with E-state index in [1.165, 1.54) is 4.88 Å². The molecule has 1 N–H and O–H groups in total. The Hall–Kier alpha value is -1.88. The largest absolute Gasteiger partial charge is 0.384 e. The van der Waals surface area contributed by atoms with Gasteiger partial charge in [-0.2, -0.15) is 0 Å². The Morgan fingerprint density at radius 2 is 2.24 bits per heavy atom. The Bertz CT molecular complexity index is 566. The monoisotopic (exact) mass is 303 g/mol. The molecule has 2 aromatic heterocycles. The number of pyridine rings is 1. The number of aromatic nitrogens is 1. The number of hydrogen-bond donors (Lipinski definition) is 1. The summed E-state index contributed by atoms with van der Waals surface area (Å²) >= 11 is 1.66. The highest BCUT2D eigenvalue weighted by Gasteiger charge is 2.20. The van der Waals surface area contributed by atoms with Gasteiger partial charge in [0.1, 0.15) is 5.69 Å². The number of thiophene rings is 1. The molecule has 21 heavy (non-hydrogen) atoms. The Morgan fingerprint density at radius 3 is 2.81 bits per heavy atom. The van der Waals surface area contributed by atoms with Crippen LogP contribution in [0, 0.1) is 0 Å². The molecule has 0 saturated carbocycles. The van der Waals surface area contributed by atoms with E-state index in [1.807, 2.05) is 37.6 Å². The Labute approximate surface area is 129 Å². The van der Waals surface area contributed by atoms with E-state index in [0.717, 1.165) is 18.7 Å². The van der Waals surface area contributed by atoms with Gasteiger partial charge in [-0.1, -0.05) is 13.0 Å². The van der Waals surface area contributed by atoms with E-state index >= 15 is 0 Å². The summed E-state index contributed by atoms with van der Waals surface area (Å²) in [5.74, 6) is -0.0575. The van der Waals surface area contributed by atoms with Gasteiger partial charge >= 0.3 is 0 Å². The van der Waals surface area contributed by atoms with Gasteiger partial charge in [0.15, 0.2) is 0 Å². The maximum Gasteiger partial charge on any atom is 0.272 e. The zero-order chi connectivity index (χ0) is 15.2. The molecule has 0 saturated heterocycles. The SMILES string of the molecule is CCCNc1ccc(C(=O)N(C)C(C)c2cccs2)nc1. The van der Waals surface area contributed by atoms with Crippen LogP contribution in [0.3, 0.4) is 0 Å². The van der Waals surface area contributed by atoms with Crippen LogP contribution in [-0.4, -0.2) is 29.4 Å². The first-order chi connectivity index (χ1) is 10.1. The minimum atomic E-state index is -0.0575. The van der Waals surface area contributed by atoms with E-state index < -0.39 is 0 Å². The van der Waals surface area contributed by atoms with Crippen molar-refractivity contribution >= 4 is 22.9 Å². The third kappa shape index (κ3) is 3.82. The molecular weight excluding hydrogens is 282 g/mol. The van der Waals surface area contributed by atoms with Crippen LogP contribution in [0.5, 0.6) is 0 Å². The molecule has 1 atom stereocenters. The Morgan fingerprint density at radius 1 is 1.43 bits per heavy atom. The van der Waals surface area contributed by atoms with Crippen molar-refractivity contribution in [2.45, 2.75) is 26.3 Å². The zero-order valence-electron chi connectivity index (χ0n) is 12.7. The van der Waals surface area contributed by atoms with Crippen molar-refractivity contribution < 1.29 is 4.79 Å². The van der Waals surface area contributed by atoms with Gasteiger partial charge in [0, 0.05) is 18.5 Å². The summed E-state index contributed by atoms with van der Waals surface area (Å²) < 4.78 is 0. The highest BCUT2D eigenvalue weighted by atomic mass is 32.1. The summed E-state index contributed by atoms with van der Waals surface area (Å²) in [6.45, 7) is 5.05. The van der Waals surface area contributed by atoms with E-state index in [0.29, 0.717) is 5.69 Å². The molecule has 1 unspecified atom stereocenters. The highest BCUT2D eigenvalue weighted by molar-refractivity contribution is 7.10. The first kappa shape index (κ1) is 15.5. The number of carbonyl (C=O) groups excluding carboxylic acids is 1. The standard InChI is InChI=1S/C16H21N3OS/c1-4-9-17-13-7-8-14(18-11-13)16(20)19(3)12(2)15-6-5-10-21-15/h5-8,10-12,17H,4,9H2,1-3H3. The molecule has 0 aliphatic rings. The summed E-state index contributed by atoms with van der Waals surface area (Å²) in [7, 11) is 1.82. The second kappa shape index (κ2) is 7.22. The quantitative estimate of drug-likeness (QED) is 0.883. The molecule has 0 spiro atoms. The summed E-state index contributed by atoms with van der Waals surface area (Å²) in [6.07, 6.45) is 2.77. The van der Waals surface area contributed by atoms with Gasteiger partial charge in [0.25, 0.3) is 5.91 Å². The normalized spacial score (nSPS) is 12.0. The van der Waals surface area contributed by atoms with Gasteiger partial charge in [-0.3, -0.25) is 4.79 Å². The van der Waals surface area contributed by atoms with E-state index in [2.05, 4.69) is 17.2 Å². The number of rotatable bonds is 6. The maximum absolute atomic E-state index is 12.5. The molecule has 0 radical (unpaired) electrons. The predicted molar refractivity (Wildman–Crippen MR) is 87.8 cm³/mol. The lowest BCUT2D eigenvalue weighted by Crippen LogP contribution is -2.29. The minimum absolute atomic E-state index is 0.0530. The molecule has 0 fully saturated rings. The van der Waals surface area contributed by atoms with Crippen molar-refractivity contribution in [2.75, 3.05) is 18.9 Å². The van der Waals surface area contributed by atoms with Gasteiger partial charge in [0.2, 0.25) is 0 Å². The van der Waals surface area contributed by atoms with Crippen LogP contribution in [0.1, 0.15) is 41.7 Å². The second-order valence-corrected chi connectivity index (χ2v) is 5.95. The summed E-state index contributed by atoms with van der Waals surface area (Å²) in [4.78, 5) is 19.6. The first-order valence-electron chi connectivity index (χ1n) is 7.14. The number of nitrogens with one attached hydrogen (secondary N) is 1. The molecule has 5 heteroatoms. The van der Waals surface area contributed by atoms with Gasteiger partial charge in [0.05, 0.1) is 17.9 Å². The fourth-order valence-corrected chi connectivity index (χ4v) is 2.80. The van der Waals surface area contributed by atoms with Gasteiger partial charge in [-0.05, 0) is 36.9 Å². The van der Waals surface area contributed by atoms with Crippen LogP contribution in [0.2, 0.25) is 0 Å². The second-order valence-electron chi connectivity index (χ2n) is 4.97. The molecule has 0 aliphatic heterocycles. The van der Waals surface area contributed by atoms with E-state index in [1.54, 1.807) is 28.5 Å². The van der Waals surface area contributed by atoms with Gasteiger partial charge < -0.3 is 10.2 Å². The smallest absolute Gasteiger partial charge is 0.272 e. The lowest BCUT2D eigenvalue weighted by molar-refractivity contribution is 0.0739. The number of anilines is 1. The first-order valence-corrected chi connectivity index (χ1v) is 8.02. The molecule has 0 bridgehead atoms. The zero-order valence-corrected chi connectivity index (χ0v) is 13.5. The fraction of sp³-hybridized carbons (Fsp3) is 0.375. The van der Waals surface area contributed by atoms with Gasteiger partial charge in [-0.15, -0.1) is 11.3 Å². The van der Waals surface area contributed by atoms with Crippen molar-refractivity contribution in [3.63, 3.8) is 0 Å². The van der Waals surface area contributed by atoms with E-state index in [4.69, 9.17) is 0 Å². The topological polar surface area (TPSA) is 45.2 Å². The van der Waals surface area contributed by atoms with Crippen molar-refractivity contribution in [3.05, 3.63) is 46.4 Å². The van der Waals surface area contributed by atoms with Crippen molar-refractivity contribution in [2.24, 2.45) is 0 Å². The van der Waals surface area contributed by atoms with Crippen LogP contribution < -0.4 is 5.32 Å². The molecule has 112 valence electrons. The average molecular weight is 303 g/mol. The maximum atomic E-state index is 12.5. The van der Waals surface area contributed by atoms with Crippen LogP contribution in [0.15, 0.2) is 35.8 Å². The Balaban J connectivity index is 2.05. The lowest BCUT2D eigenvalue weighted by Gasteiger charge is -2.23. The van der Waals surface area contributed by atoms with Crippen molar-refractivity contribution in [3.8, 4) is 0 Å². The number of carbonyl (C=O) groups is 1. The molecule has 0 aromatic carbocycles. The summed E-state index contributed by atoms with van der Waals surface area (Å²) in [6, 6.07) is 7.78. The third-order valence-corrected chi connectivity index (χ3v) is 4.46. The molecule has 0 aliphatic carbocycles. The molecular formula is C16H21N3OS. The predicted octanol–water partition coefficient (Wildman–Crippen LogP) is 3.80. The van der Waals surface area contributed by atoms with Crippen molar-refractivity contribution in [1.29, 1.82) is 0 Å². The fourth-order valence-electron chi connectivity index (χ4n) is 1.97. The molecule has 2 rings (SSSR count). The minimum Gasteiger partial charge on any atom is -0.384 e. The Kier molecular flexibility index (Phi) is 5.33.